The zero-order valence-corrected chi connectivity index (χ0v) is 16.5. The molecule has 0 amide bonds. The van der Waals surface area contributed by atoms with Crippen molar-refractivity contribution in [3.63, 3.8) is 0 Å². The van der Waals surface area contributed by atoms with Crippen LogP contribution < -0.4 is 10.6 Å². The van der Waals surface area contributed by atoms with Gasteiger partial charge in [0.1, 0.15) is 28.6 Å². The minimum absolute atomic E-state index is 0.193. The summed E-state index contributed by atoms with van der Waals surface area (Å²) in [6, 6.07) is 12.5. The maximum Gasteiger partial charge on any atom is 0.148 e. The zero-order valence-electron chi connectivity index (χ0n) is 16.5. The van der Waals surface area contributed by atoms with E-state index in [-0.39, 0.29) is 5.75 Å². The number of aromatic hydroxyl groups is 1. The number of rotatable bonds is 5. The Morgan fingerprint density at radius 1 is 1.10 bits per heavy atom. The zero-order chi connectivity index (χ0) is 19.8. The standard InChI is InChI=1S/C22H26N6O/c1-14-13-28(19-4-2-3-5-20(19)29)27-22(14)18-8-9-21(26-25-18)23-12-15-10-16-6-7-17(11-15)24-16/h2-5,8-9,13,15-17,24,29H,6-7,10-12H2,1H3,(H,23,26). The van der Waals surface area contributed by atoms with Crippen LogP contribution in [0.5, 0.6) is 5.75 Å². The highest BCUT2D eigenvalue weighted by Crippen LogP contribution is 2.31. The average Bonchev–Trinajstić information content (AvgIpc) is 3.28. The molecule has 2 fully saturated rings. The van der Waals surface area contributed by atoms with E-state index in [1.807, 2.05) is 37.4 Å². The minimum atomic E-state index is 0.193. The molecule has 2 atom stereocenters. The molecule has 150 valence electrons. The van der Waals surface area contributed by atoms with Crippen LogP contribution in [0.25, 0.3) is 17.1 Å². The van der Waals surface area contributed by atoms with Crippen molar-refractivity contribution in [1.82, 2.24) is 25.3 Å². The molecule has 2 bridgehead atoms. The first-order valence-electron chi connectivity index (χ1n) is 10.3. The van der Waals surface area contributed by atoms with Gasteiger partial charge in [0.05, 0.1) is 0 Å². The number of fused-ring (bicyclic) bond motifs is 2. The summed E-state index contributed by atoms with van der Waals surface area (Å²) in [6.45, 7) is 2.93. The maximum atomic E-state index is 10.1. The fourth-order valence-corrected chi connectivity index (χ4v) is 4.64. The van der Waals surface area contributed by atoms with Crippen molar-refractivity contribution in [2.24, 2.45) is 5.92 Å². The van der Waals surface area contributed by atoms with Crippen LogP contribution in [0, 0.1) is 12.8 Å². The number of nitrogens with one attached hydrogen (secondary N) is 2. The first-order valence-corrected chi connectivity index (χ1v) is 10.3. The number of hydrogen-bond donors (Lipinski definition) is 3. The number of benzene rings is 1. The average molecular weight is 390 g/mol. The summed E-state index contributed by atoms with van der Waals surface area (Å²) in [6.07, 6.45) is 7.03. The van der Waals surface area contributed by atoms with E-state index in [0.29, 0.717) is 23.7 Å². The summed E-state index contributed by atoms with van der Waals surface area (Å²) in [7, 11) is 0. The lowest BCUT2D eigenvalue weighted by Gasteiger charge is -2.29. The third-order valence-corrected chi connectivity index (χ3v) is 6.08. The van der Waals surface area contributed by atoms with E-state index in [1.165, 1.54) is 25.7 Å². The molecular weight excluding hydrogens is 364 g/mol. The van der Waals surface area contributed by atoms with Gasteiger partial charge in [0.15, 0.2) is 0 Å². The number of nitrogens with zero attached hydrogens (tertiary/aromatic N) is 4. The largest absolute Gasteiger partial charge is 0.506 e. The molecule has 2 aliphatic heterocycles. The van der Waals surface area contributed by atoms with Crippen molar-refractivity contribution in [3.05, 3.63) is 48.2 Å². The number of aromatic nitrogens is 4. The van der Waals surface area contributed by atoms with E-state index >= 15 is 0 Å². The molecule has 2 aliphatic rings. The van der Waals surface area contributed by atoms with E-state index in [2.05, 4.69) is 25.9 Å². The summed E-state index contributed by atoms with van der Waals surface area (Å²) < 4.78 is 1.68. The lowest BCUT2D eigenvalue weighted by Crippen LogP contribution is -2.40. The van der Waals surface area contributed by atoms with Crippen LogP contribution in [0.1, 0.15) is 31.2 Å². The van der Waals surface area contributed by atoms with Gasteiger partial charge in [-0.15, -0.1) is 10.2 Å². The first-order chi connectivity index (χ1) is 14.2. The first kappa shape index (κ1) is 18.1. The van der Waals surface area contributed by atoms with Gasteiger partial charge in [-0.1, -0.05) is 12.1 Å². The molecule has 7 nitrogen and oxygen atoms in total. The van der Waals surface area contributed by atoms with Gasteiger partial charge in [-0.3, -0.25) is 0 Å². The fourth-order valence-electron chi connectivity index (χ4n) is 4.64. The molecule has 0 saturated carbocycles. The molecule has 4 heterocycles. The second-order valence-electron chi connectivity index (χ2n) is 8.25. The molecule has 7 heteroatoms. The quantitative estimate of drug-likeness (QED) is 0.620. The molecular formula is C22H26N6O. The van der Waals surface area contributed by atoms with Crippen molar-refractivity contribution < 1.29 is 5.11 Å². The Bertz CT molecular complexity index is 987. The van der Waals surface area contributed by atoms with Gasteiger partial charge < -0.3 is 15.7 Å². The van der Waals surface area contributed by atoms with Gasteiger partial charge >= 0.3 is 0 Å². The Morgan fingerprint density at radius 3 is 2.62 bits per heavy atom. The Labute approximate surface area is 170 Å². The Kier molecular flexibility index (Phi) is 4.67. The van der Waals surface area contributed by atoms with Crippen LogP contribution in [-0.2, 0) is 0 Å². The summed E-state index contributed by atoms with van der Waals surface area (Å²) >= 11 is 0. The van der Waals surface area contributed by atoms with Gasteiger partial charge in [0, 0.05) is 24.8 Å². The smallest absolute Gasteiger partial charge is 0.148 e. The van der Waals surface area contributed by atoms with Gasteiger partial charge in [-0.2, -0.15) is 5.10 Å². The third-order valence-electron chi connectivity index (χ3n) is 6.08. The van der Waals surface area contributed by atoms with Gasteiger partial charge in [-0.25, -0.2) is 4.68 Å². The summed E-state index contributed by atoms with van der Waals surface area (Å²) in [4.78, 5) is 0. The summed E-state index contributed by atoms with van der Waals surface area (Å²) in [5.41, 5.74) is 3.11. The number of piperidine rings is 1. The van der Waals surface area contributed by atoms with Crippen LogP contribution >= 0.6 is 0 Å². The predicted octanol–water partition coefficient (Wildman–Crippen LogP) is 3.29. The van der Waals surface area contributed by atoms with Crippen molar-refractivity contribution in [3.8, 4) is 22.8 Å². The van der Waals surface area contributed by atoms with Crippen molar-refractivity contribution in [1.29, 1.82) is 0 Å². The van der Waals surface area contributed by atoms with Crippen molar-refractivity contribution >= 4 is 5.82 Å². The SMILES string of the molecule is Cc1cn(-c2ccccc2O)nc1-c1ccc(NCC2CC3CCC(C2)N3)nn1. The summed E-state index contributed by atoms with van der Waals surface area (Å²) in [5.74, 6) is 1.70. The van der Waals surface area contributed by atoms with Gasteiger partial charge in [-0.05, 0) is 68.4 Å². The fraction of sp³-hybridized carbons (Fsp3) is 0.409. The highest BCUT2D eigenvalue weighted by molar-refractivity contribution is 5.60. The molecule has 0 aliphatic carbocycles. The number of anilines is 1. The summed E-state index contributed by atoms with van der Waals surface area (Å²) in [5, 5.41) is 30.6. The van der Waals surface area contributed by atoms with Gasteiger partial charge in [0.2, 0.25) is 0 Å². The molecule has 2 unspecified atom stereocenters. The van der Waals surface area contributed by atoms with Crippen molar-refractivity contribution in [2.75, 3.05) is 11.9 Å². The van der Waals surface area contributed by atoms with Gasteiger partial charge in [0.25, 0.3) is 0 Å². The van der Waals surface area contributed by atoms with Crippen LogP contribution in [0.3, 0.4) is 0 Å². The second kappa shape index (κ2) is 7.48. The molecule has 0 spiro atoms. The van der Waals surface area contributed by atoms with E-state index in [0.717, 1.165) is 29.3 Å². The molecule has 3 N–H and O–H groups in total. The Hall–Kier alpha value is -2.93. The molecule has 2 aromatic heterocycles. The Balaban J connectivity index is 1.27. The van der Waals surface area contributed by atoms with Crippen LogP contribution in [-0.4, -0.2) is 43.7 Å². The van der Waals surface area contributed by atoms with Crippen LogP contribution in [0.4, 0.5) is 5.82 Å². The lowest BCUT2D eigenvalue weighted by atomic mass is 9.92. The molecule has 3 aromatic rings. The normalized spacial score (nSPS) is 23.3. The van der Waals surface area contributed by atoms with E-state index in [9.17, 15) is 5.11 Å². The number of phenolic OH excluding ortho intramolecular Hbond substituents is 1. The minimum Gasteiger partial charge on any atom is -0.506 e. The van der Waals surface area contributed by atoms with E-state index < -0.39 is 0 Å². The topological polar surface area (TPSA) is 87.9 Å². The predicted molar refractivity (Wildman–Crippen MR) is 112 cm³/mol. The lowest BCUT2D eigenvalue weighted by molar-refractivity contribution is 0.311. The second-order valence-corrected chi connectivity index (χ2v) is 8.25. The molecule has 29 heavy (non-hydrogen) atoms. The van der Waals surface area contributed by atoms with Crippen LogP contribution in [0.2, 0.25) is 0 Å². The molecule has 5 rings (SSSR count). The third kappa shape index (κ3) is 3.70. The molecule has 1 aromatic carbocycles. The highest BCUT2D eigenvalue weighted by Gasteiger charge is 2.33. The molecule has 2 saturated heterocycles. The monoisotopic (exact) mass is 390 g/mol. The maximum absolute atomic E-state index is 10.1. The van der Waals surface area contributed by atoms with Crippen molar-refractivity contribution in [2.45, 2.75) is 44.7 Å². The molecule has 0 radical (unpaired) electrons. The number of hydrogen-bond acceptors (Lipinski definition) is 6. The number of aryl methyl sites for hydroxylation is 1. The van der Waals surface area contributed by atoms with E-state index in [1.54, 1.807) is 16.8 Å². The number of phenols is 1. The highest BCUT2D eigenvalue weighted by atomic mass is 16.3. The van der Waals surface area contributed by atoms with Crippen LogP contribution in [0.15, 0.2) is 42.6 Å². The Morgan fingerprint density at radius 2 is 1.90 bits per heavy atom. The number of para-hydroxylation sites is 2. The van der Waals surface area contributed by atoms with E-state index in [4.69, 9.17) is 0 Å².